The summed E-state index contributed by atoms with van der Waals surface area (Å²) in [6.07, 6.45) is 1.32. The average Bonchev–Trinajstić information content (AvgIpc) is 2.33. The number of anilines is 1. The molecule has 0 atom stereocenters. The van der Waals surface area contributed by atoms with E-state index in [2.05, 4.69) is 9.71 Å². The molecular formula is C12H9Cl3N2O2S. The molecule has 8 heteroatoms. The third-order valence-electron chi connectivity index (χ3n) is 2.45. The van der Waals surface area contributed by atoms with Crippen LogP contribution in [0, 0.1) is 6.92 Å². The van der Waals surface area contributed by atoms with E-state index in [0.717, 1.165) is 0 Å². The lowest BCUT2D eigenvalue weighted by Crippen LogP contribution is -2.14. The Bertz CT molecular complexity index is 743. The summed E-state index contributed by atoms with van der Waals surface area (Å²) in [7, 11) is -3.90. The number of aromatic nitrogens is 1. The molecule has 0 aliphatic heterocycles. The highest BCUT2D eigenvalue weighted by molar-refractivity contribution is 7.93. The van der Waals surface area contributed by atoms with Crippen molar-refractivity contribution in [2.45, 2.75) is 11.8 Å². The highest BCUT2D eigenvalue weighted by atomic mass is 35.5. The van der Waals surface area contributed by atoms with Gasteiger partial charge in [0.05, 0.1) is 21.9 Å². The van der Waals surface area contributed by atoms with Gasteiger partial charge in [0.2, 0.25) is 0 Å². The number of benzene rings is 1. The number of aryl methyl sites for hydroxylation is 1. The number of hydrogen-bond donors (Lipinski definition) is 1. The monoisotopic (exact) mass is 350 g/mol. The third kappa shape index (κ3) is 3.17. The number of sulfonamides is 1. The SMILES string of the molecule is Cc1cc(NS(=O)(=O)c2c(Cl)cccc2Cl)cnc1Cl. The molecule has 0 aliphatic carbocycles. The lowest BCUT2D eigenvalue weighted by molar-refractivity contribution is 0.601. The fourth-order valence-corrected chi connectivity index (χ4v) is 3.84. The van der Waals surface area contributed by atoms with Crippen molar-refractivity contribution in [2.75, 3.05) is 4.72 Å². The highest BCUT2D eigenvalue weighted by Gasteiger charge is 2.21. The fraction of sp³-hybridized carbons (Fsp3) is 0.0833. The minimum Gasteiger partial charge on any atom is -0.278 e. The van der Waals surface area contributed by atoms with Crippen molar-refractivity contribution in [1.29, 1.82) is 0 Å². The number of nitrogens with one attached hydrogen (secondary N) is 1. The van der Waals surface area contributed by atoms with E-state index in [0.29, 0.717) is 10.7 Å². The molecule has 0 radical (unpaired) electrons. The van der Waals surface area contributed by atoms with Crippen LogP contribution in [-0.4, -0.2) is 13.4 Å². The number of nitrogens with zero attached hydrogens (tertiary/aromatic N) is 1. The summed E-state index contributed by atoms with van der Waals surface area (Å²) in [6, 6.07) is 6.04. The second-order valence-electron chi connectivity index (χ2n) is 3.99. The summed E-state index contributed by atoms with van der Waals surface area (Å²) >= 11 is 17.6. The van der Waals surface area contributed by atoms with E-state index in [1.54, 1.807) is 19.1 Å². The molecule has 0 bridgehead atoms. The van der Waals surface area contributed by atoms with Gasteiger partial charge in [-0.2, -0.15) is 0 Å². The summed E-state index contributed by atoms with van der Waals surface area (Å²) < 4.78 is 27.0. The van der Waals surface area contributed by atoms with Crippen LogP contribution in [0.3, 0.4) is 0 Å². The van der Waals surface area contributed by atoms with Gasteiger partial charge < -0.3 is 0 Å². The summed E-state index contributed by atoms with van der Waals surface area (Å²) in [4.78, 5) is 3.70. The Kier molecular flexibility index (Phi) is 4.44. The number of rotatable bonds is 3. The highest BCUT2D eigenvalue weighted by Crippen LogP contribution is 2.30. The second kappa shape index (κ2) is 5.77. The average molecular weight is 352 g/mol. The number of halogens is 3. The summed E-state index contributed by atoms with van der Waals surface area (Å²) in [5.74, 6) is 0. The largest absolute Gasteiger partial charge is 0.278 e. The molecule has 0 fully saturated rings. The molecule has 0 saturated carbocycles. The first-order chi connectivity index (χ1) is 9.31. The van der Waals surface area contributed by atoms with Crippen LogP contribution < -0.4 is 4.72 Å². The first-order valence-electron chi connectivity index (χ1n) is 5.40. The van der Waals surface area contributed by atoms with Gasteiger partial charge >= 0.3 is 0 Å². The summed E-state index contributed by atoms with van der Waals surface area (Å²) in [5.41, 5.74) is 0.931. The van der Waals surface area contributed by atoms with E-state index in [4.69, 9.17) is 34.8 Å². The maximum atomic E-state index is 12.3. The Morgan fingerprint density at radius 2 is 1.75 bits per heavy atom. The van der Waals surface area contributed by atoms with Gasteiger partial charge in [-0.25, -0.2) is 13.4 Å². The van der Waals surface area contributed by atoms with Crippen LogP contribution in [0.5, 0.6) is 0 Å². The maximum Gasteiger partial charge on any atom is 0.264 e. The van der Waals surface area contributed by atoms with Crippen LogP contribution in [0.2, 0.25) is 15.2 Å². The Morgan fingerprint density at radius 3 is 2.30 bits per heavy atom. The fourth-order valence-electron chi connectivity index (χ4n) is 1.56. The molecule has 0 spiro atoms. The van der Waals surface area contributed by atoms with Crippen LogP contribution in [0.4, 0.5) is 5.69 Å². The van der Waals surface area contributed by atoms with E-state index in [1.807, 2.05) is 0 Å². The van der Waals surface area contributed by atoms with Crippen molar-refractivity contribution < 1.29 is 8.42 Å². The minimum atomic E-state index is -3.90. The normalized spacial score (nSPS) is 11.4. The Labute approximate surface area is 131 Å². The molecule has 0 unspecified atom stereocenters. The van der Waals surface area contributed by atoms with Gasteiger partial charge in [-0.1, -0.05) is 40.9 Å². The molecule has 4 nitrogen and oxygen atoms in total. The van der Waals surface area contributed by atoms with E-state index in [1.165, 1.54) is 18.3 Å². The lowest BCUT2D eigenvalue weighted by Gasteiger charge is -2.11. The first kappa shape index (κ1) is 15.4. The van der Waals surface area contributed by atoms with Gasteiger partial charge in [0.25, 0.3) is 10.0 Å². The first-order valence-corrected chi connectivity index (χ1v) is 8.02. The van der Waals surface area contributed by atoms with Crippen molar-refractivity contribution in [3.05, 3.63) is 51.2 Å². The molecule has 1 aromatic carbocycles. The maximum absolute atomic E-state index is 12.3. The Balaban J connectivity index is 2.43. The van der Waals surface area contributed by atoms with E-state index in [-0.39, 0.29) is 20.6 Å². The standard InChI is InChI=1S/C12H9Cl3N2O2S/c1-7-5-8(6-16-12(7)15)17-20(18,19)11-9(13)3-2-4-10(11)14/h2-6,17H,1H3. The molecular weight excluding hydrogens is 343 g/mol. The Morgan fingerprint density at radius 1 is 1.15 bits per heavy atom. The van der Waals surface area contributed by atoms with E-state index in [9.17, 15) is 8.42 Å². The molecule has 1 aromatic heterocycles. The molecule has 0 saturated heterocycles. The quantitative estimate of drug-likeness (QED) is 0.845. The number of pyridine rings is 1. The molecule has 2 rings (SSSR count). The molecule has 1 N–H and O–H groups in total. The zero-order valence-corrected chi connectivity index (χ0v) is 13.3. The van der Waals surface area contributed by atoms with Crippen LogP contribution >= 0.6 is 34.8 Å². The van der Waals surface area contributed by atoms with Gasteiger partial charge in [-0.15, -0.1) is 0 Å². The molecule has 106 valence electrons. The predicted molar refractivity (Wildman–Crippen MR) is 81.3 cm³/mol. The summed E-state index contributed by atoms with van der Waals surface area (Å²) in [5, 5.41) is 0.399. The zero-order chi connectivity index (χ0) is 14.9. The van der Waals surface area contributed by atoms with Crippen LogP contribution in [-0.2, 0) is 10.0 Å². The smallest absolute Gasteiger partial charge is 0.264 e. The number of hydrogen-bond acceptors (Lipinski definition) is 3. The van der Waals surface area contributed by atoms with Crippen LogP contribution in [0.1, 0.15) is 5.56 Å². The molecule has 0 aliphatic rings. The minimum absolute atomic E-state index is 0.0450. The van der Waals surface area contributed by atoms with Crippen molar-refractivity contribution in [2.24, 2.45) is 0 Å². The van der Waals surface area contributed by atoms with Crippen molar-refractivity contribution in [3.8, 4) is 0 Å². The van der Waals surface area contributed by atoms with Crippen molar-refractivity contribution >= 4 is 50.5 Å². The summed E-state index contributed by atoms with van der Waals surface area (Å²) in [6.45, 7) is 1.72. The molecule has 20 heavy (non-hydrogen) atoms. The molecule has 0 amide bonds. The third-order valence-corrected chi connectivity index (χ3v) is 5.19. The van der Waals surface area contributed by atoms with E-state index < -0.39 is 10.0 Å². The molecule has 1 heterocycles. The van der Waals surface area contributed by atoms with Gasteiger partial charge in [0, 0.05) is 0 Å². The van der Waals surface area contributed by atoms with Crippen LogP contribution in [0.25, 0.3) is 0 Å². The van der Waals surface area contributed by atoms with Gasteiger partial charge in [-0.05, 0) is 30.7 Å². The zero-order valence-electron chi connectivity index (χ0n) is 10.2. The van der Waals surface area contributed by atoms with Gasteiger partial charge in [-0.3, -0.25) is 4.72 Å². The van der Waals surface area contributed by atoms with Crippen LogP contribution in [0.15, 0.2) is 35.4 Å². The second-order valence-corrected chi connectivity index (χ2v) is 6.78. The van der Waals surface area contributed by atoms with Crippen molar-refractivity contribution in [1.82, 2.24) is 4.98 Å². The van der Waals surface area contributed by atoms with E-state index >= 15 is 0 Å². The lowest BCUT2D eigenvalue weighted by atomic mass is 10.3. The van der Waals surface area contributed by atoms with Gasteiger partial charge in [0.1, 0.15) is 10.0 Å². The predicted octanol–water partition coefficient (Wildman–Crippen LogP) is 4.15. The Hall–Kier alpha value is -1.01. The van der Waals surface area contributed by atoms with Crippen molar-refractivity contribution in [3.63, 3.8) is 0 Å². The molecule has 2 aromatic rings. The topological polar surface area (TPSA) is 59.1 Å². The van der Waals surface area contributed by atoms with Gasteiger partial charge in [0.15, 0.2) is 0 Å².